The molecule has 178 valence electrons. The van der Waals surface area contributed by atoms with Crippen LogP contribution in [0.4, 0.5) is 0 Å². The zero-order valence-corrected chi connectivity index (χ0v) is 19.5. The molecule has 2 N–H and O–H groups in total. The summed E-state index contributed by atoms with van der Waals surface area (Å²) in [5, 5.41) is 7.47. The molecule has 4 heterocycles. The minimum Gasteiger partial charge on any atom is -0.350 e. The van der Waals surface area contributed by atoms with E-state index in [1.165, 1.54) is 0 Å². The van der Waals surface area contributed by atoms with Crippen LogP contribution in [0.15, 0.2) is 85.2 Å². The van der Waals surface area contributed by atoms with Crippen molar-refractivity contribution in [3.05, 3.63) is 108 Å². The fourth-order valence-electron chi connectivity index (χ4n) is 3.90. The highest BCUT2D eigenvalue weighted by Crippen LogP contribution is 2.23. The monoisotopic (exact) mass is 476 g/mol. The summed E-state index contributed by atoms with van der Waals surface area (Å²) < 4.78 is 0. The Balaban J connectivity index is 1.32. The molecular formula is C28H24N6O2. The minimum atomic E-state index is -0.270. The predicted octanol–water partition coefficient (Wildman–Crippen LogP) is 3.52. The van der Waals surface area contributed by atoms with Crippen molar-refractivity contribution in [1.29, 1.82) is 0 Å². The van der Waals surface area contributed by atoms with Crippen LogP contribution in [0.25, 0.3) is 21.8 Å². The molecule has 4 aromatic heterocycles. The van der Waals surface area contributed by atoms with E-state index < -0.39 is 0 Å². The smallest absolute Gasteiger partial charge is 0.269 e. The molecule has 8 nitrogen and oxygen atoms in total. The van der Waals surface area contributed by atoms with Crippen LogP contribution in [0, 0.1) is 0 Å². The molecule has 0 fully saturated rings. The van der Waals surface area contributed by atoms with Crippen molar-refractivity contribution < 1.29 is 9.59 Å². The van der Waals surface area contributed by atoms with Gasteiger partial charge in [-0.3, -0.25) is 19.6 Å². The molecule has 2 amide bonds. The molecule has 0 aliphatic carbocycles. The summed E-state index contributed by atoms with van der Waals surface area (Å²) in [6.07, 6.45) is 4.72. The van der Waals surface area contributed by atoms with Crippen LogP contribution in [-0.4, -0.2) is 44.8 Å². The third-order valence-corrected chi connectivity index (χ3v) is 5.77. The first-order valence-electron chi connectivity index (χ1n) is 11.7. The summed E-state index contributed by atoms with van der Waals surface area (Å²) in [6, 6.07) is 22.3. The second kappa shape index (κ2) is 10.7. The molecule has 5 rings (SSSR count). The Hall–Kier alpha value is -4.72. The normalized spacial score (nSPS) is 10.9. The Labute approximate surface area is 207 Å². The number of carbonyl (C=O) groups is 2. The first kappa shape index (κ1) is 23.0. The largest absolute Gasteiger partial charge is 0.350 e. The first-order valence-corrected chi connectivity index (χ1v) is 11.7. The van der Waals surface area contributed by atoms with Crippen LogP contribution in [0.2, 0.25) is 0 Å². The highest BCUT2D eigenvalue weighted by Gasteiger charge is 2.13. The van der Waals surface area contributed by atoms with Gasteiger partial charge in [-0.25, -0.2) is 9.97 Å². The summed E-state index contributed by atoms with van der Waals surface area (Å²) in [5.41, 5.74) is 3.56. The molecule has 0 aliphatic rings. The highest BCUT2D eigenvalue weighted by atomic mass is 16.2. The highest BCUT2D eigenvalue weighted by molar-refractivity contribution is 6.06. The van der Waals surface area contributed by atoms with Crippen molar-refractivity contribution in [1.82, 2.24) is 30.6 Å². The van der Waals surface area contributed by atoms with Gasteiger partial charge in [0.15, 0.2) is 0 Å². The number of amides is 2. The maximum atomic E-state index is 12.7. The van der Waals surface area contributed by atoms with Crippen LogP contribution >= 0.6 is 0 Å². The van der Waals surface area contributed by atoms with Crippen molar-refractivity contribution in [2.45, 2.75) is 12.8 Å². The van der Waals surface area contributed by atoms with Crippen molar-refractivity contribution in [2.75, 3.05) is 13.1 Å². The average molecular weight is 477 g/mol. The van der Waals surface area contributed by atoms with Crippen molar-refractivity contribution in [2.24, 2.45) is 0 Å². The van der Waals surface area contributed by atoms with E-state index in [0.717, 1.165) is 22.2 Å². The third-order valence-electron chi connectivity index (χ3n) is 5.77. The van der Waals surface area contributed by atoms with Gasteiger partial charge in [0.2, 0.25) is 0 Å². The first-order chi connectivity index (χ1) is 17.7. The van der Waals surface area contributed by atoms with Crippen molar-refractivity contribution >= 4 is 33.6 Å². The number of rotatable bonds is 8. The molecule has 0 atom stereocenters. The molecule has 0 radical (unpaired) electrons. The molecule has 0 spiro atoms. The summed E-state index contributed by atoms with van der Waals surface area (Å²) in [7, 11) is 0. The van der Waals surface area contributed by atoms with Gasteiger partial charge in [0.1, 0.15) is 11.4 Å². The molecule has 0 aliphatic heterocycles. The maximum absolute atomic E-state index is 12.7. The lowest BCUT2D eigenvalue weighted by atomic mass is 10.1. The van der Waals surface area contributed by atoms with E-state index in [0.29, 0.717) is 48.4 Å². The van der Waals surface area contributed by atoms with Crippen LogP contribution < -0.4 is 10.6 Å². The predicted molar refractivity (Wildman–Crippen MR) is 138 cm³/mol. The van der Waals surface area contributed by atoms with E-state index in [-0.39, 0.29) is 11.8 Å². The lowest BCUT2D eigenvalue weighted by molar-refractivity contribution is 0.0941. The molecule has 8 heteroatoms. The lowest BCUT2D eigenvalue weighted by Gasteiger charge is -2.09. The van der Waals surface area contributed by atoms with Gasteiger partial charge in [0.05, 0.1) is 11.0 Å². The van der Waals surface area contributed by atoms with Gasteiger partial charge >= 0.3 is 0 Å². The summed E-state index contributed by atoms with van der Waals surface area (Å²) in [4.78, 5) is 43.2. The number of hydrogen-bond acceptors (Lipinski definition) is 6. The fraction of sp³-hybridized carbons (Fsp3) is 0.143. The Morgan fingerprint density at radius 1 is 0.583 bits per heavy atom. The second-order valence-corrected chi connectivity index (χ2v) is 8.26. The maximum Gasteiger partial charge on any atom is 0.269 e. The molecule has 0 bridgehead atoms. The Kier molecular flexibility index (Phi) is 6.84. The van der Waals surface area contributed by atoms with Gasteiger partial charge < -0.3 is 10.6 Å². The SMILES string of the molecule is O=C(NCCc1ccccn1)c1ccc2ccc3ccc(C(=O)NCCc4ccccn4)nc3c2n1. The lowest BCUT2D eigenvalue weighted by Crippen LogP contribution is -2.27. The quantitative estimate of drug-likeness (QED) is 0.332. The standard InChI is InChI=1S/C28H24N6O2/c35-27(31-17-13-21-5-1-3-15-29-21)23-11-9-19-7-8-20-10-12-24(34-26(20)25(19)33-23)28(36)32-18-14-22-6-2-4-16-30-22/h1-12,15-16H,13-14,17-18H2,(H,31,35)(H,32,36). The average Bonchev–Trinajstić information content (AvgIpc) is 2.93. The molecule has 0 saturated heterocycles. The van der Waals surface area contributed by atoms with Crippen LogP contribution in [-0.2, 0) is 12.8 Å². The van der Waals surface area contributed by atoms with E-state index in [2.05, 4.69) is 30.6 Å². The van der Waals surface area contributed by atoms with Gasteiger partial charge in [-0.2, -0.15) is 0 Å². The van der Waals surface area contributed by atoms with Gasteiger partial charge in [0, 0.05) is 60.5 Å². The number of aromatic nitrogens is 4. The number of nitrogens with one attached hydrogen (secondary N) is 2. The molecule has 0 unspecified atom stereocenters. The number of nitrogens with zero attached hydrogens (tertiary/aromatic N) is 4. The van der Waals surface area contributed by atoms with E-state index in [4.69, 9.17) is 0 Å². The minimum absolute atomic E-state index is 0.270. The summed E-state index contributed by atoms with van der Waals surface area (Å²) in [6.45, 7) is 0.901. The Morgan fingerprint density at radius 3 is 1.44 bits per heavy atom. The molecular weight excluding hydrogens is 452 g/mol. The van der Waals surface area contributed by atoms with Crippen LogP contribution in [0.3, 0.4) is 0 Å². The van der Waals surface area contributed by atoms with E-state index in [9.17, 15) is 9.59 Å². The third kappa shape index (κ3) is 5.33. The molecule has 5 aromatic rings. The Morgan fingerprint density at radius 2 is 1.03 bits per heavy atom. The number of hydrogen-bond donors (Lipinski definition) is 2. The van der Waals surface area contributed by atoms with E-state index in [1.807, 2.05) is 60.7 Å². The van der Waals surface area contributed by atoms with Gasteiger partial charge in [0.25, 0.3) is 11.8 Å². The molecule has 1 aromatic carbocycles. The number of carbonyl (C=O) groups excluding carboxylic acids is 2. The number of fused-ring (bicyclic) bond motifs is 3. The second-order valence-electron chi connectivity index (χ2n) is 8.26. The van der Waals surface area contributed by atoms with E-state index in [1.54, 1.807) is 24.5 Å². The summed E-state index contributed by atoms with van der Waals surface area (Å²) >= 11 is 0. The number of benzene rings is 1. The zero-order valence-electron chi connectivity index (χ0n) is 19.5. The van der Waals surface area contributed by atoms with Crippen LogP contribution in [0.1, 0.15) is 32.4 Å². The Bertz CT molecular complexity index is 1410. The zero-order chi connectivity index (χ0) is 24.7. The van der Waals surface area contributed by atoms with Crippen LogP contribution in [0.5, 0.6) is 0 Å². The van der Waals surface area contributed by atoms with Crippen molar-refractivity contribution in [3.63, 3.8) is 0 Å². The number of pyridine rings is 4. The fourth-order valence-corrected chi connectivity index (χ4v) is 3.90. The van der Waals surface area contributed by atoms with Crippen molar-refractivity contribution in [3.8, 4) is 0 Å². The molecule has 36 heavy (non-hydrogen) atoms. The van der Waals surface area contributed by atoms with E-state index >= 15 is 0 Å². The van der Waals surface area contributed by atoms with Gasteiger partial charge in [-0.05, 0) is 36.4 Å². The molecule has 0 saturated carbocycles. The van der Waals surface area contributed by atoms with Gasteiger partial charge in [-0.15, -0.1) is 0 Å². The topological polar surface area (TPSA) is 110 Å². The van der Waals surface area contributed by atoms with Gasteiger partial charge in [-0.1, -0.05) is 36.4 Å². The summed E-state index contributed by atoms with van der Waals surface area (Å²) in [5.74, 6) is -0.540.